The molecule has 1 aromatic heterocycles. The van der Waals surface area contributed by atoms with Crippen LogP contribution in [0.3, 0.4) is 0 Å². The van der Waals surface area contributed by atoms with E-state index in [1.54, 1.807) is 13.0 Å². The number of nitrogens with two attached hydrogens (primary N) is 1. The van der Waals surface area contributed by atoms with Gasteiger partial charge >= 0.3 is 5.97 Å². The van der Waals surface area contributed by atoms with Crippen molar-refractivity contribution in [1.29, 1.82) is 0 Å². The highest BCUT2D eigenvalue weighted by Crippen LogP contribution is 2.22. The third kappa shape index (κ3) is 2.96. The number of carbonyl (C=O) groups excluding carboxylic acids is 1. The van der Waals surface area contributed by atoms with E-state index in [0.29, 0.717) is 30.3 Å². The number of esters is 1. The highest BCUT2D eigenvalue weighted by Gasteiger charge is 2.22. The summed E-state index contributed by atoms with van der Waals surface area (Å²) in [6.07, 6.45) is 2.45. The van der Waals surface area contributed by atoms with E-state index in [4.69, 9.17) is 15.2 Å². The predicted molar refractivity (Wildman–Crippen MR) is 72.2 cm³/mol. The molecule has 1 saturated heterocycles. The van der Waals surface area contributed by atoms with Crippen LogP contribution in [-0.2, 0) is 9.47 Å². The van der Waals surface area contributed by atoms with Gasteiger partial charge in [0.2, 0.25) is 0 Å². The summed E-state index contributed by atoms with van der Waals surface area (Å²) in [5.74, 6) is 0.285. The van der Waals surface area contributed by atoms with Crippen LogP contribution in [0.25, 0.3) is 0 Å². The molecule has 0 amide bonds. The molecular weight excluding hydrogens is 246 g/mol. The van der Waals surface area contributed by atoms with Crippen molar-refractivity contribution >= 4 is 17.5 Å². The first-order chi connectivity index (χ1) is 9.13. The number of aromatic nitrogens is 1. The first-order valence-corrected chi connectivity index (χ1v) is 6.36. The molecule has 0 spiro atoms. The summed E-state index contributed by atoms with van der Waals surface area (Å²) in [5.41, 5.74) is 6.46. The van der Waals surface area contributed by atoms with Crippen molar-refractivity contribution in [3.63, 3.8) is 0 Å². The monoisotopic (exact) mass is 265 g/mol. The Morgan fingerprint density at radius 3 is 3.11 bits per heavy atom. The maximum atomic E-state index is 11.8. The van der Waals surface area contributed by atoms with Crippen LogP contribution in [0.5, 0.6) is 0 Å². The third-order valence-corrected chi connectivity index (χ3v) is 3.23. The van der Waals surface area contributed by atoms with E-state index < -0.39 is 5.97 Å². The Morgan fingerprint density at radius 1 is 1.68 bits per heavy atom. The van der Waals surface area contributed by atoms with E-state index in [1.807, 2.05) is 11.9 Å². The summed E-state index contributed by atoms with van der Waals surface area (Å²) in [5, 5.41) is 0. The smallest absolute Gasteiger partial charge is 0.340 e. The Labute approximate surface area is 112 Å². The van der Waals surface area contributed by atoms with Gasteiger partial charge in [-0.15, -0.1) is 0 Å². The van der Waals surface area contributed by atoms with Gasteiger partial charge in [0.05, 0.1) is 36.7 Å². The summed E-state index contributed by atoms with van der Waals surface area (Å²) in [4.78, 5) is 18.1. The lowest BCUT2D eigenvalue weighted by molar-refractivity contribution is 0.0527. The lowest BCUT2D eigenvalue weighted by Gasteiger charge is -2.24. The molecule has 104 valence electrons. The van der Waals surface area contributed by atoms with Crippen molar-refractivity contribution < 1.29 is 14.3 Å². The van der Waals surface area contributed by atoms with Crippen molar-refractivity contribution in [3.8, 4) is 0 Å². The van der Waals surface area contributed by atoms with E-state index in [0.717, 1.165) is 13.0 Å². The second-order valence-electron chi connectivity index (χ2n) is 4.48. The van der Waals surface area contributed by atoms with Crippen molar-refractivity contribution in [2.45, 2.75) is 19.4 Å². The highest BCUT2D eigenvalue weighted by molar-refractivity contribution is 5.95. The molecule has 2 rings (SSSR count). The number of pyridine rings is 1. The first kappa shape index (κ1) is 13.6. The molecule has 2 heterocycles. The summed E-state index contributed by atoms with van der Waals surface area (Å²) < 4.78 is 10.3. The maximum absolute atomic E-state index is 11.8. The molecule has 6 nitrogen and oxygen atoms in total. The molecule has 1 atom stereocenters. The molecule has 0 bridgehead atoms. The summed E-state index contributed by atoms with van der Waals surface area (Å²) in [7, 11) is 1.94. The molecule has 19 heavy (non-hydrogen) atoms. The largest absolute Gasteiger partial charge is 0.462 e. The Balaban J connectivity index is 2.22. The Bertz CT molecular complexity index is 458. The molecular formula is C13H19N3O3. The van der Waals surface area contributed by atoms with Gasteiger partial charge in [-0.3, -0.25) is 0 Å². The van der Waals surface area contributed by atoms with Crippen LogP contribution in [0.15, 0.2) is 12.3 Å². The second kappa shape index (κ2) is 5.88. The minimum absolute atomic E-state index is 0.283. The molecule has 0 aromatic carbocycles. The summed E-state index contributed by atoms with van der Waals surface area (Å²) in [6.45, 7) is 3.52. The number of carbonyl (C=O) groups is 1. The Kier molecular flexibility index (Phi) is 4.21. The van der Waals surface area contributed by atoms with Gasteiger partial charge in [0, 0.05) is 13.7 Å². The molecule has 0 aliphatic carbocycles. The number of nitrogens with zero attached hydrogens (tertiary/aromatic N) is 2. The number of anilines is 2. The van der Waals surface area contributed by atoms with Crippen LogP contribution in [0.4, 0.5) is 11.5 Å². The van der Waals surface area contributed by atoms with Crippen molar-refractivity contribution in [2.24, 2.45) is 0 Å². The Hall–Kier alpha value is -1.82. The van der Waals surface area contributed by atoms with Gasteiger partial charge in [-0.2, -0.15) is 0 Å². The van der Waals surface area contributed by atoms with Crippen LogP contribution in [0.2, 0.25) is 0 Å². The molecule has 1 unspecified atom stereocenters. The molecule has 1 aliphatic heterocycles. The zero-order valence-electron chi connectivity index (χ0n) is 11.3. The number of nitrogen functional groups attached to an aromatic ring is 1. The number of ether oxygens (including phenoxy) is 2. The van der Waals surface area contributed by atoms with Crippen molar-refractivity contribution in [1.82, 2.24) is 4.98 Å². The zero-order valence-corrected chi connectivity index (χ0v) is 11.3. The van der Waals surface area contributed by atoms with Gasteiger partial charge in [-0.1, -0.05) is 0 Å². The fourth-order valence-electron chi connectivity index (χ4n) is 2.05. The second-order valence-corrected chi connectivity index (χ2v) is 4.48. The number of hydrogen-bond donors (Lipinski definition) is 1. The summed E-state index contributed by atoms with van der Waals surface area (Å²) in [6, 6.07) is 1.96. The van der Waals surface area contributed by atoms with Crippen LogP contribution in [-0.4, -0.2) is 43.9 Å². The average Bonchev–Trinajstić information content (AvgIpc) is 2.92. The van der Waals surface area contributed by atoms with E-state index in [9.17, 15) is 4.79 Å². The third-order valence-electron chi connectivity index (χ3n) is 3.23. The van der Waals surface area contributed by atoms with Gasteiger partial charge in [0.25, 0.3) is 0 Å². The van der Waals surface area contributed by atoms with Crippen LogP contribution < -0.4 is 10.6 Å². The predicted octanol–water partition coefficient (Wildman–Crippen LogP) is 1.07. The topological polar surface area (TPSA) is 77.7 Å². The van der Waals surface area contributed by atoms with E-state index in [2.05, 4.69) is 4.98 Å². The van der Waals surface area contributed by atoms with Gasteiger partial charge < -0.3 is 20.1 Å². The highest BCUT2D eigenvalue weighted by atomic mass is 16.5. The van der Waals surface area contributed by atoms with Crippen LogP contribution >= 0.6 is 0 Å². The van der Waals surface area contributed by atoms with E-state index >= 15 is 0 Å². The van der Waals surface area contributed by atoms with Crippen molar-refractivity contribution in [3.05, 3.63) is 17.8 Å². The van der Waals surface area contributed by atoms with E-state index in [-0.39, 0.29) is 6.04 Å². The van der Waals surface area contributed by atoms with Gasteiger partial charge in [0.1, 0.15) is 5.82 Å². The van der Waals surface area contributed by atoms with Gasteiger partial charge in [-0.05, 0) is 19.4 Å². The molecule has 1 aromatic rings. The fraction of sp³-hybridized carbons (Fsp3) is 0.538. The number of rotatable bonds is 4. The van der Waals surface area contributed by atoms with Crippen molar-refractivity contribution in [2.75, 3.05) is 37.5 Å². The van der Waals surface area contributed by atoms with Crippen LogP contribution in [0, 0.1) is 0 Å². The quantitative estimate of drug-likeness (QED) is 0.820. The zero-order chi connectivity index (χ0) is 13.8. The SMILES string of the molecule is CCOC(=O)c1cc(N(C)C2CCOC2)ncc1N. The lowest BCUT2D eigenvalue weighted by Crippen LogP contribution is -2.32. The average molecular weight is 265 g/mol. The number of likely N-dealkylation sites (N-methyl/N-ethyl adjacent to an activating group) is 1. The van der Waals surface area contributed by atoms with Gasteiger partial charge in [-0.25, -0.2) is 9.78 Å². The van der Waals surface area contributed by atoms with Gasteiger partial charge in [0.15, 0.2) is 0 Å². The number of hydrogen-bond acceptors (Lipinski definition) is 6. The molecule has 0 radical (unpaired) electrons. The minimum Gasteiger partial charge on any atom is -0.462 e. The normalized spacial score (nSPS) is 18.3. The van der Waals surface area contributed by atoms with Crippen LogP contribution in [0.1, 0.15) is 23.7 Å². The molecule has 1 fully saturated rings. The molecule has 0 saturated carbocycles. The fourth-order valence-corrected chi connectivity index (χ4v) is 2.05. The Morgan fingerprint density at radius 2 is 2.47 bits per heavy atom. The minimum atomic E-state index is -0.417. The molecule has 6 heteroatoms. The van der Waals surface area contributed by atoms with E-state index in [1.165, 1.54) is 6.20 Å². The lowest BCUT2D eigenvalue weighted by atomic mass is 10.2. The maximum Gasteiger partial charge on any atom is 0.340 e. The molecule has 1 aliphatic rings. The standard InChI is InChI=1S/C13H19N3O3/c1-3-19-13(17)10-6-12(15-7-11(10)14)16(2)9-4-5-18-8-9/h6-7,9H,3-5,8,14H2,1-2H3. The first-order valence-electron chi connectivity index (χ1n) is 6.36. The summed E-state index contributed by atoms with van der Waals surface area (Å²) >= 11 is 0. The molecule has 2 N–H and O–H groups in total.